The molecular weight excluding hydrogens is 355 g/mol. The highest BCUT2D eigenvalue weighted by Gasteiger charge is 2.26. The second-order valence-electron chi connectivity index (χ2n) is 4.08. The number of ether oxygens (including phenoxy) is 1. The van der Waals surface area contributed by atoms with Crippen molar-refractivity contribution in [3.05, 3.63) is 28.6 Å². The first kappa shape index (κ1) is 15.8. The number of hydrogen-bond acceptors (Lipinski definition) is 5. The molecule has 1 heterocycles. The monoisotopic (exact) mass is 365 g/mol. The molecule has 2 aromatic rings. The van der Waals surface area contributed by atoms with E-state index < -0.39 is 12.7 Å². The van der Waals surface area contributed by atoms with Crippen LogP contribution in [-0.4, -0.2) is 30.0 Å². The van der Waals surface area contributed by atoms with Crippen LogP contribution >= 0.6 is 15.9 Å². The third kappa shape index (κ3) is 4.43. The van der Waals surface area contributed by atoms with Gasteiger partial charge in [0.1, 0.15) is 5.75 Å². The van der Waals surface area contributed by atoms with Crippen molar-refractivity contribution in [1.82, 2.24) is 15.5 Å². The Morgan fingerprint density at radius 2 is 2.14 bits per heavy atom. The molecule has 0 aliphatic rings. The molecule has 2 rings (SSSR count). The van der Waals surface area contributed by atoms with Gasteiger partial charge in [-0.25, -0.2) is 0 Å². The van der Waals surface area contributed by atoms with Gasteiger partial charge in [-0.3, -0.25) is 0 Å². The van der Waals surface area contributed by atoms with Crippen molar-refractivity contribution in [3.8, 4) is 17.1 Å². The molecule has 5 nitrogen and oxygen atoms in total. The van der Waals surface area contributed by atoms with Gasteiger partial charge in [-0.2, -0.15) is 18.2 Å². The second kappa shape index (κ2) is 6.44. The predicted molar refractivity (Wildman–Crippen MR) is 71.7 cm³/mol. The minimum atomic E-state index is -4.27. The topological polar surface area (TPSA) is 60.2 Å². The lowest BCUT2D eigenvalue weighted by molar-refractivity contribution is -0.125. The molecular formula is C12H11BrF3N3O2. The number of benzene rings is 1. The fourth-order valence-corrected chi connectivity index (χ4v) is 2.10. The summed E-state index contributed by atoms with van der Waals surface area (Å²) in [6.07, 6.45) is -4.27. The van der Waals surface area contributed by atoms with Crippen molar-refractivity contribution in [3.63, 3.8) is 0 Å². The van der Waals surface area contributed by atoms with Gasteiger partial charge in [0, 0.05) is 5.56 Å². The zero-order valence-electron chi connectivity index (χ0n) is 10.9. The smallest absolute Gasteiger partial charge is 0.401 e. The van der Waals surface area contributed by atoms with Gasteiger partial charge in [-0.1, -0.05) is 5.16 Å². The average molecular weight is 366 g/mol. The molecule has 0 bridgehead atoms. The standard InChI is InChI=1S/C12H11BrF3N3O2/c1-20-9-3-2-7(4-8(9)13)11-18-10(21-19-11)5-17-6-12(14,15)16/h2-4,17H,5-6H2,1H3. The van der Waals surface area contributed by atoms with Crippen LogP contribution in [0.4, 0.5) is 13.2 Å². The normalized spacial score (nSPS) is 11.7. The maximum absolute atomic E-state index is 12.0. The van der Waals surface area contributed by atoms with E-state index in [0.29, 0.717) is 21.6 Å². The van der Waals surface area contributed by atoms with Crippen LogP contribution in [0.2, 0.25) is 0 Å². The molecule has 0 radical (unpaired) electrons. The van der Waals surface area contributed by atoms with Crippen LogP contribution < -0.4 is 10.1 Å². The number of rotatable bonds is 5. The van der Waals surface area contributed by atoms with Crippen LogP contribution in [0.25, 0.3) is 11.4 Å². The molecule has 21 heavy (non-hydrogen) atoms. The summed E-state index contributed by atoms with van der Waals surface area (Å²) in [5, 5.41) is 5.91. The number of aromatic nitrogens is 2. The van der Waals surface area contributed by atoms with E-state index in [1.807, 2.05) is 0 Å². The number of nitrogens with one attached hydrogen (secondary N) is 1. The zero-order chi connectivity index (χ0) is 15.5. The average Bonchev–Trinajstić information content (AvgIpc) is 2.86. The Morgan fingerprint density at radius 3 is 2.76 bits per heavy atom. The highest BCUT2D eigenvalue weighted by Crippen LogP contribution is 2.29. The molecule has 0 atom stereocenters. The number of hydrogen-bond donors (Lipinski definition) is 1. The van der Waals surface area contributed by atoms with Gasteiger partial charge in [-0.15, -0.1) is 0 Å². The summed E-state index contributed by atoms with van der Waals surface area (Å²) in [7, 11) is 1.54. The van der Waals surface area contributed by atoms with Gasteiger partial charge in [0.15, 0.2) is 0 Å². The highest BCUT2D eigenvalue weighted by molar-refractivity contribution is 9.10. The Kier molecular flexibility index (Phi) is 4.84. The lowest BCUT2D eigenvalue weighted by Crippen LogP contribution is -2.28. The molecule has 0 amide bonds. The summed E-state index contributed by atoms with van der Waals surface area (Å²) in [4.78, 5) is 4.03. The number of halogens is 4. The summed E-state index contributed by atoms with van der Waals surface area (Å²) in [6.45, 7) is -1.26. The van der Waals surface area contributed by atoms with Gasteiger partial charge < -0.3 is 14.6 Å². The van der Waals surface area contributed by atoms with Gasteiger partial charge in [-0.05, 0) is 34.1 Å². The van der Waals surface area contributed by atoms with E-state index in [2.05, 4.69) is 31.4 Å². The molecule has 0 spiro atoms. The Morgan fingerprint density at radius 1 is 1.38 bits per heavy atom. The molecule has 0 fully saturated rings. The SMILES string of the molecule is COc1ccc(-c2noc(CNCC(F)(F)F)n2)cc1Br. The lowest BCUT2D eigenvalue weighted by Gasteiger charge is -2.05. The highest BCUT2D eigenvalue weighted by atomic mass is 79.9. The van der Waals surface area contributed by atoms with Crippen molar-refractivity contribution in [2.75, 3.05) is 13.7 Å². The predicted octanol–water partition coefficient (Wildman–Crippen LogP) is 3.16. The molecule has 1 N–H and O–H groups in total. The van der Waals surface area contributed by atoms with E-state index in [4.69, 9.17) is 9.26 Å². The molecule has 0 aliphatic carbocycles. The minimum Gasteiger partial charge on any atom is -0.496 e. The van der Waals surface area contributed by atoms with Crippen molar-refractivity contribution in [2.45, 2.75) is 12.7 Å². The van der Waals surface area contributed by atoms with E-state index in [9.17, 15) is 13.2 Å². The Labute approximate surface area is 126 Å². The second-order valence-corrected chi connectivity index (χ2v) is 4.93. The molecule has 114 valence electrons. The number of nitrogens with zero attached hydrogens (tertiary/aromatic N) is 2. The molecule has 0 saturated carbocycles. The van der Waals surface area contributed by atoms with E-state index in [1.54, 1.807) is 25.3 Å². The molecule has 0 aliphatic heterocycles. The van der Waals surface area contributed by atoms with Crippen molar-refractivity contribution < 1.29 is 22.4 Å². The first-order valence-corrected chi connectivity index (χ1v) is 6.62. The van der Waals surface area contributed by atoms with Crippen molar-refractivity contribution in [1.29, 1.82) is 0 Å². The minimum absolute atomic E-state index is 0.0844. The van der Waals surface area contributed by atoms with Crippen LogP contribution in [0.3, 0.4) is 0 Å². The Hall–Kier alpha value is -1.61. The summed E-state index contributed by atoms with van der Waals surface area (Å²) in [5.74, 6) is 1.03. The molecule has 9 heteroatoms. The summed E-state index contributed by atoms with van der Waals surface area (Å²) < 4.78 is 46.7. The Bertz CT molecular complexity index is 616. The van der Waals surface area contributed by atoms with Gasteiger partial charge in [0.25, 0.3) is 0 Å². The van der Waals surface area contributed by atoms with Gasteiger partial charge in [0.2, 0.25) is 11.7 Å². The first-order valence-electron chi connectivity index (χ1n) is 5.83. The lowest BCUT2D eigenvalue weighted by atomic mass is 10.2. The fourth-order valence-electron chi connectivity index (χ4n) is 1.56. The zero-order valence-corrected chi connectivity index (χ0v) is 12.5. The van der Waals surface area contributed by atoms with Crippen LogP contribution in [0.15, 0.2) is 27.2 Å². The summed E-state index contributed by atoms with van der Waals surface area (Å²) >= 11 is 3.33. The van der Waals surface area contributed by atoms with Crippen LogP contribution in [0.5, 0.6) is 5.75 Å². The maximum Gasteiger partial charge on any atom is 0.401 e. The molecule has 1 aromatic carbocycles. The fraction of sp³-hybridized carbons (Fsp3) is 0.333. The van der Waals surface area contributed by atoms with Crippen molar-refractivity contribution in [2.24, 2.45) is 0 Å². The third-order valence-corrected chi connectivity index (χ3v) is 3.10. The Balaban J connectivity index is 2.04. The maximum atomic E-state index is 12.0. The van der Waals surface area contributed by atoms with Gasteiger partial charge >= 0.3 is 6.18 Å². The molecule has 0 unspecified atom stereocenters. The van der Waals surface area contributed by atoms with E-state index in [0.717, 1.165) is 0 Å². The van der Waals surface area contributed by atoms with Crippen molar-refractivity contribution >= 4 is 15.9 Å². The summed E-state index contributed by atoms with van der Waals surface area (Å²) in [6, 6.07) is 5.18. The van der Waals surface area contributed by atoms with Crippen LogP contribution in [0, 0.1) is 0 Å². The summed E-state index contributed by atoms with van der Waals surface area (Å²) in [5.41, 5.74) is 0.661. The third-order valence-electron chi connectivity index (χ3n) is 2.48. The number of alkyl halides is 3. The first-order chi connectivity index (χ1) is 9.89. The largest absolute Gasteiger partial charge is 0.496 e. The van der Waals surface area contributed by atoms with E-state index in [1.165, 1.54) is 0 Å². The van der Waals surface area contributed by atoms with Crippen LogP contribution in [0.1, 0.15) is 5.89 Å². The van der Waals surface area contributed by atoms with E-state index in [-0.39, 0.29) is 12.4 Å². The van der Waals surface area contributed by atoms with E-state index >= 15 is 0 Å². The number of methoxy groups -OCH3 is 1. The van der Waals surface area contributed by atoms with Gasteiger partial charge in [0.05, 0.1) is 24.7 Å². The molecule has 0 saturated heterocycles. The molecule has 1 aromatic heterocycles. The van der Waals surface area contributed by atoms with Crippen LogP contribution in [-0.2, 0) is 6.54 Å². The quantitative estimate of drug-likeness (QED) is 0.881.